The van der Waals surface area contributed by atoms with Gasteiger partial charge in [0.25, 0.3) is 0 Å². The largest absolute Gasteiger partial charge is 0.508 e. The number of nitrogens with two attached hydrogens (primary N) is 2. The molecule has 52 heavy (non-hydrogen) atoms. The highest BCUT2D eigenvalue weighted by molar-refractivity contribution is 5.95. The SMILES string of the molecule is CC(C)[C@H](NC(=O)[C@H](Cc1ccccc1)NC(=O)[C@@H](N)Cc1ccc(O)cc1)C(=O)N[C@@H](Cc1ccc(O)cc1)C(=O)N[C@@H](CCCCN)C(=O)O. The van der Waals surface area contributed by atoms with Crippen LogP contribution in [0.15, 0.2) is 78.9 Å². The van der Waals surface area contributed by atoms with Crippen molar-refractivity contribution in [3.8, 4) is 11.5 Å². The van der Waals surface area contributed by atoms with Crippen molar-refractivity contribution >= 4 is 29.6 Å². The van der Waals surface area contributed by atoms with E-state index in [1.54, 1.807) is 62.4 Å². The molecule has 0 aliphatic rings. The maximum absolute atomic E-state index is 13.9. The average Bonchev–Trinajstić information content (AvgIpc) is 3.11. The van der Waals surface area contributed by atoms with Gasteiger partial charge < -0.3 is 48.1 Å². The summed E-state index contributed by atoms with van der Waals surface area (Å²) >= 11 is 0. The van der Waals surface area contributed by atoms with Gasteiger partial charge in [-0.3, -0.25) is 19.2 Å². The summed E-state index contributed by atoms with van der Waals surface area (Å²) in [4.78, 5) is 66.4. The third-order valence-corrected chi connectivity index (χ3v) is 8.46. The van der Waals surface area contributed by atoms with Crippen LogP contribution in [0.2, 0.25) is 0 Å². The number of carboxylic acid groups (broad SMARTS) is 1. The summed E-state index contributed by atoms with van der Waals surface area (Å²) in [6.07, 6.45) is 1.35. The van der Waals surface area contributed by atoms with Crippen LogP contribution in [0.1, 0.15) is 49.8 Å². The minimum Gasteiger partial charge on any atom is -0.508 e. The summed E-state index contributed by atoms with van der Waals surface area (Å²) in [6.45, 7) is 3.77. The number of carbonyl (C=O) groups excluding carboxylic acids is 4. The van der Waals surface area contributed by atoms with Gasteiger partial charge in [-0.05, 0) is 79.1 Å². The quantitative estimate of drug-likeness (QED) is 0.0757. The van der Waals surface area contributed by atoms with Gasteiger partial charge in [0, 0.05) is 12.8 Å². The second-order valence-electron chi connectivity index (χ2n) is 13.1. The van der Waals surface area contributed by atoms with Gasteiger partial charge in [-0.25, -0.2) is 4.79 Å². The van der Waals surface area contributed by atoms with E-state index in [1.807, 2.05) is 6.07 Å². The maximum atomic E-state index is 13.9. The van der Waals surface area contributed by atoms with Gasteiger partial charge in [0.15, 0.2) is 0 Å². The molecule has 5 atom stereocenters. The Kier molecular flexibility index (Phi) is 16.1. The molecule has 0 bridgehead atoms. The summed E-state index contributed by atoms with van der Waals surface area (Å²) in [5.41, 5.74) is 13.8. The van der Waals surface area contributed by atoms with Gasteiger partial charge in [-0.2, -0.15) is 0 Å². The number of hydrogen-bond donors (Lipinski definition) is 9. The lowest BCUT2D eigenvalue weighted by Crippen LogP contribution is -2.60. The van der Waals surface area contributed by atoms with E-state index in [-0.39, 0.29) is 37.2 Å². The van der Waals surface area contributed by atoms with Crippen LogP contribution in [0.4, 0.5) is 0 Å². The second kappa shape index (κ2) is 20.4. The molecule has 280 valence electrons. The molecule has 14 nitrogen and oxygen atoms in total. The van der Waals surface area contributed by atoms with Crippen molar-refractivity contribution in [2.75, 3.05) is 6.54 Å². The summed E-state index contributed by atoms with van der Waals surface area (Å²) in [6, 6.07) is 15.4. The fourth-order valence-electron chi connectivity index (χ4n) is 5.47. The number of aromatic hydroxyl groups is 2. The third kappa shape index (κ3) is 13.3. The second-order valence-corrected chi connectivity index (χ2v) is 13.1. The zero-order valence-corrected chi connectivity index (χ0v) is 29.5. The molecule has 0 aliphatic heterocycles. The number of amides is 4. The Labute approximate surface area is 303 Å². The number of phenols is 2. The Balaban J connectivity index is 1.81. The van der Waals surface area contributed by atoms with Crippen molar-refractivity contribution in [1.82, 2.24) is 21.3 Å². The molecule has 0 heterocycles. The van der Waals surface area contributed by atoms with Crippen LogP contribution in [0.3, 0.4) is 0 Å². The zero-order valence-electron chi connectivity index (χ0n) is 29.5. The summed E-state index contributed by atoms with van der Waals surface area (Å²) in [5, 5.41) is 39.7. The number of unbranched alkanes of at least 4 members (excludes halogenated alkanes) is 1. The van der Waals surface area contributed by atoms with Crippen LogP contribution in [-0.4, -0.2) is 81.7 Å². The van der Waals surface area contributed by atoms with Crippen LogP contribution in [0, 0.1) is 5.92 Å². The zero-order chi connectivity index (χ0) is 38.2. The molecule has 11 N–H and O–H groups in total. The Morgan fingerprint density at radius 2 is 1.06 bits per heavy atom. The van der Waals surface area contributed by atoms with Gasteiger partial charge in [0.05, 0.1) is 6.04 Å². The molecular weight excluding hydrogens is 668 g/mol. The van der Waals surface area contributed by atoms with E-state index in [1.165, 1.54) is 24.3 Å². The van der Waals surface area contributed by atoms with Crippen LogP contribution in [0.5, 0.6) is 11.5 Å². The van der Waals surface area contributed by atoms with Crippen molar-refractivity contribution in [1.29, 1.82) is 0 Å². The first-order valence-corrected chi connectivity index (χ1v) is 17.3. The van der Waals surface area contributed by atoms with E-state index in [0.717, 1.165) is 5.56 Å². The van der Waals surface area contributed by atoms with Crippen molar-refractivity contribution in [3.63, 3.8) is 0 Å². The van der Waals surface area contributed by atoms with Crippen LogP contribution in [0.25, 0.3) is 0 Å². The molecule has 0 saturated heterocycles. The summed E-state index contributed by atoms with van der Waals surface area (Å²) < 4.78 is 0. The van der Waals surface area contributed by atoms with E-state index < -0.39 is 65.7 Å². The topological polar surface area (TPSA) is 246 Å². The lowest BCUT2D eigenvalue weighted by Gasteiger charge is -2.28. The lowest BCUT2D eigenvalue weighted by molar-refractivity contribution is -0.142. The molecule has 3 aromatic rings. The van der Waals surface area contributed by atoms with Gasteiger partial charge in [0.2, 0.25) is 23.6 Å². The fourth-order valence-corrected chi connectivity index (χ4v) is 5.47. The van der Waals surface area contributed by atoms with E-state index in [9.17, 15) is 39.3 Å². The Morgan fingerprint density at radius 1 is 0.596 bits per heavy atom. The Morgan fingerprint density at radius 3 is 1.56 bits per heavy atom. The molecule has 3 rings (SSSR count). The average molecular weight is 719 g/mol. The molecular formula is C38H50N6O8. The normalized spacial score (nSPS) is 13.9. The molecule has 0 spiro atoms. The standard InChI is InChI=1S/C38H50N6O8/c1-23(2)33(37(50)43-31(22-26-13-17-28(46)18-14-26)35(48)41-30(38(51)52)10-6-7-19-39)44-36(49)32(21-24-8-4-3-5-9-24)42-34(47)29(40)20-25-11-15-27(45)16-12-25/h3-5,8-9,11-18,23,29-33,45-46H,6-7,10,19-22,39-40H2,1-2H3,(H,41,48)(H,42,47)(H,43,50)(H,44,49)(H,51,52)/t29-,30-,31-,32-,33-/m0/s1. The molecule has 0 radical (unpaired) electrons. The van der Waals surface area contributed by atoms with E-state index >= 15 is 0 Å². The molecule has 0 unspecified atom stereocenters. The minimum absolute atomic E-state index is 0.000624. The molecule has 0 saturated carbocycles. The van der Waals surface area contributed by atoms with E-state index in [4.69, 9.17) is 11.5 Å². The predicted molar refractivity (Wildman–Crippen MR) is 195 cm³/mol. The fraction of sp³-hybridized carbons (Fsp3) is 0.395. The summed E-state index contributed by atoms with van der Waals surface area (Å²) in [5.74, 6) is -4.34. The smallest absolute Gasteiger partial charge is 0.326 e. The Bertz CT molecular complexity index is 1620. The van der Waals surface area contributed by atoms with Crippen molar-refractivity contribution in [2.45, 2.75) is 82.6 Å². The number of nitrogens with one attached hydrogen (secondary N) is 4. The van der Waals surface area contributed by atoms with Crippen LogP contribution < -0.4 is 32.7 Å². The Hall–Kier alpha value is -5.47. The van der Waals surface area contributed by atoms with E-state index in [2.05, 4.69) is 21.3 Å². The van der Waals surface area contributed by atoms with Gasteiger partial charge >= 0.3 is 5.97 Å². The molecule has 0 aliphatic carbocycles. The number of hydrogen-bond acceptors (Lipinski definition) is 9. The van der Waals surface area contributed by atoms with E-state index in [0.29, 0.717) is 30.5 Å². The number of benzene rings is 3. The van der Waals surface area contributed by atoms with Gasteiger partial charge in [0.1, 0.15) is 35.7 Å². The third-order valence-electron chi connectivity index (χ3n) is 8.46. The number of rotatable bonds is 20. The number of aliphatic carboxylic acids is 1. The molecule has 3 aromatic carbocycles. The molecule has 0 aromatic heterocycles. The number of carbonyl (C=O) groups is 5. The molecule has 4 amide bonds. The van der Waals surface area contributed by atoms with Crippen LogP contribution in [-0.2, 0) is 43.2 Å². The lowest BCUT2D eigenvalue weighted by atomic mass is 9.99. The maximum Gasteiger partial charge on any atom is 0.326 e. The van der Waals surface area contributed by atoms with Crippen molar-refractivity contribution in [2.24, 2.45) is 17.4 Å². The first-order chi connectivity index (χ1) is 24.8. The minimum atomic E-state index is -1.25. The highest BCUT2D eigenvalue weighted by atomic mass is 16.4. The number of phenolic OH excluding ortho intramolecular Hbond substituents is 2. The van der Waals surface area contributed by atoms with Crippen molar-refractivity contribution in [3.05, 3.63) is 95.6 Å². The van der Waals surface area contributed by atoms with Crippen molar-refractivity contribution < 1.29 is 39.3 Å². The highest BCUT2D eigenvalue weighted by Crippen LogP contribution is 2.14. The first kappa shape index (κ1) is 41.0. The monoisotopic (exact) mass is 718 g/mol. The molecule has 0 fully saturated rings. The predicted octanol–water partition coefficient (Wildman–Crippen LogP) is 1.26. The first-order valence-electron chi connectivity index (χ1n) is 17.3. The molecule has 14 heteroatoms. The highest BCUT2D eigenvalue weighted by Gasteiger charge is 2.33. The van der Waals surface area contributed by atoms with Gasteiger partial charge in [-0.15, -0.1) is 0 Å². The van der Waals surface area contributed by atoms with Gasteiger partial charge in [-0.1, -0.05) is 68.4 Å². The summed E-state index contributed by atoms with van der Waals surface area (Å²) in [7, 11) is 0. The van der Waals surface area contributed by atoms with Crippen LogP contribution >= 0.6 is 0 Å². The number of carboxylic acids is 1.